The second-order valence-corrected chi connectivity index (χ2v) is 5.43. The Bertz CT molecular complexity index is 347. The molecule has 6 nitrogen and oxygen atoms in total. The van der Waals surface area contributed by atoms with Gasteiger partial charge in [-0.1, -0.05) is 19.9 Å². The number of sulfonamides is 1. The summed E-state index contributed by atoms with van der Waals surface area (Å²) in [5.74, 6) is 0.213. The molecule has 0 spiro atoms. The quantitative estimate of drug-likeness (QED) is 0.359. The van der Waals surface area contributed by atoms with E-state index in [0.29, 0.717) is 19.6 Å². The number of guanidine groups is 1. The highest BCUT2D eigenvalue weighted by molar-refractivity contribution is 7.89. The second kappa shape index (κ2) is 8.08. The van der Waals surface area contributed by atoms with Crippen LogP contribution in [0.15, 0.2) is 17.6 Å². The lowest BCUT2D eigenvalue weighted by Gasteiger charge is -2.17. The maximum Gasteiger partial charge on any atom is 0.215 e. The molecule has 0 aliphatic rings. The molecular formula is C10H22N4O2S. The van der Waals surface area contributed by atoms with Crippen molar-refractivity contribution in [2.24, 2.45) is 10.7 Å². The molecule has 17 heavy (non-hydrogen) atoms. The van der Waals surface area contributed by atoms with E-state index in [9.17, 15) is 8.42 Å². The van der Waals surface area contributed by atoms with Crippen LogP contribution >= 0.6 is 0 Å². The van der Waals surface area contributed by atoms with Gasteiger partial charge in [-0.2, -0.15) is 0 Å². The van der Waals surface area contributed by atoms with Crippen LogP contribution in [-0.2, 0) is 10.0 Å². The molecule has 0 rings (SSSR count). The summed E-state index contributed by atoms with van der Waals surface area (Å²) < 4.78 is 24.9. The van der Waals surface area contributed by atoms with Crippen LogP contribution in [0.1, 0.15) is 13.8 Å². The summed E-state index contributed by atoms with van der Waals surface area (Å²) in [5.41, 5.74) is 5.51. The van der Waals surface area contributed by atoms with E-state index < -0.39 is 10.0 Å². The Labute approximate surface area is 104 Å². The van der Waals surface area contributed by atoms with Gasteiger partial charge in [0.25, 0.3) is 0 Å². The zero-order valence-electron chi connectivity index (χ0n) is 10.5. The highest BCUT2D eigenvalue weighted by Crippen LogP contribution is 2.00. The van der Waals surface area contributed by atoms with Gasteiger partial charge < -0.3 is 11.1 Å². The Morgan fingerprint density at radius 1 is 1.47 bits per heavy atom. The van der Waals surface area contributed by atoms with Crippen molar-refractivity contribution in [3.05, 3.63) is 12.7 Å². The topological polar surface area (TPSA) is 87.8 Å². The number of rotatable bonds is 8. The van der Waals surface area contributed by atoms with E-state index in [1.165, 1.54) is 4.31 Å². The maximum absolute atomic E-state index is 11.8. The average Bonchev–Trinajstić information content (AvgIpc) is 2.27. The second-order valence-electron chi connectivity index (χ2n) is 3.34. The Balaban J connectivity index is 4.23. The molecule has 0 atom stereocenters. The molecule has 0 heterocycles. The van der Waals surface area contributed by atoms with Gasteiger partial charge in [-0.15, -0.1) is 6.58 Å². The molecule has 0 bridgehead atoms. The predicted molar refractivity (Wildman–Crippen MR) is 71.4 cm³/mol. The third-order valence-corrected chi connectivity index (χ3v) is 4.16. The summed E-state index contributed by atoms with van der Waals surface area (Å²) in [7, 11) is -3.22. The first kappa shape index (κ1) is 15.9. The van der Waals surface area contributed by atoms with Crippen molar-refractivity contribution in [3.63, 3.8) is 0 Å². The van der Waals surface area contributed by atoms with Gasteiger partial charge >= 0.3 is 0 Å². The molecule has 0 aromatic rings. The molecule has 3 N–H and O–H groups in total. The lowest BCUT2D eigenvalue weighted by atomic mass is 10.6. The standard InChI is InChI=1S/C10H22N4O2S/c1-4-7-12-10(11)13-8-9-17(15,16)14(5-2)6-3/h4H,1,5-9H2,2-3H3,(H3,11,12,13). The molecule has 7 heteroatoms. The minimum absolute atomic E-state index is 0.0227. The van der Waals surface area contributed by atoms with Crippen LogP contribution < -0.4 is 11.1 Å². The molecule has 0 amide bonds. The van der Waals surface area contributed by atoms with E-state index in [0.717, 1.165) is 0 Å². The fourth-order valence-electron chi connectivity index (χ4n) is 1.26. The first-order valence-corrected chi connectivity index (χ1v) is 7.21. The van der Waals surface area contributed by atoms with Gasteiger partial charge in [-0.05, 0) is 0 Å². The molecule has 0 aromatic heterocycles. The molecule has 0 saturated heterocycles. The number of hydrogen-bond donors (Lipinski definition) is 2. The number of nitrogens with zero attached hydrogens (tertiary/aromatic N) is 2. The third-order valence-electron chi connectivity index (χ3n) is 2.16. The Morgan fingerprint density at radius 2 is 2.06 bits per heavy atom. The lowest BCUT2D eigenvalue weighted by Crippen LogP contribution is -2.35. The van der Waals surface area contributed by atoms with Gasteiger partial charge in [-0.25, -0.2) is 12.7 Å². The minimum atomic E-state index is -3.22. The van der Waals surface area contributed by atoms with Gasteiger partial charge in [0.1, 0.15) is 0 Å². The molecule has 100 valence electrons. The van der Waals surface area contributed by atoms with E-state index in [4.69, 9.17) is 5.73 Å². The third kappa shape index (κ3) is 6.28. The van der Waals surface area contributed by atoms with Gasteiger partial charge in [0.2, 0.25) is 10.0 Å². The summed E-state index contributed by atoms with van der Waals surface area (Å²) in [4.78, 5) is 3.93. The van der Waals surface area contributed by atoms with Crippen molar-refractivity contribution in [2.45, 2.75) is 13.8 Å². The van der Waals surface area contributed by atoms with Crippen LogP contribution in [0.4, 0.5) is 0 Å². The van der Waals surface area contributed by atoms with E-state index in [1.807, 2.05) is 13.8 Å². The predicted octanol–water partition coefficient (Wildman–Crippen LogP) is -0.252. The van der Waals surface area contributed by atoms with Crippen molar-refractivity contribution in [1.82, 2.24) is 9.62 Å². The van der Waals surface area contributed by atoms with Crippen LogP contribution in [0.5, 0.6) is 0 Å². The number of hydrogen-bond acceptors (Lipinski definition) is 3. The summed E-state index contributed by atoms with van der Waals surface area (Å²) in [6, 6.07) is 0. The molecule has 0 unspecified atom stereocenters. The minimum Gasteiger partial charge on any atom is -0.370 e. The number of nitrogens with two attached hydrogens (primary N) is 1. The van der Waals surface area contributed by atoms with Crippen molar-refractivity contribution in [1.29, 1.82) is 0 Å². The molecular weight excluding hydrogens is 240 g/mol. The van der Waals surface area contributed by atoms with Gasteiger partial charge in [0, 0.05) is 19.6 Å². The first-order chi connectivity index (χ1) is 7.97. The Kier molecular flexibility index (Phi) is 7.56. The normalized spacial score (nSPS) is 12.8. The van der Waals surface area contributed by atoms with Crippen molar-refractivity contribution < 1.29 is 8.42 Å². The highest BCUT2D eigenvalue weighted by Gasteiger charge is 2.17. The summed E-state index contributed by atoms with van der Waals surface area (Å²) in [6.07, 6.45) is 1.65. The molecule has 0 aromatic carbocycles. The summed E-state index contributed by atoms with van der Waals surface area (Å²) in [5, 5.41) is 2.78. The fourth-order valence-corrected chi connectivity index (χ4v) is 2.63. The Hall–Kier alpha value is -1.08. The van der Waals surface area contributed by atoms with Crippen molar-refractivity contribution in [3.8, 4) is 0 Å². The number of aliphatic imine (C=N–C) groups is 1. The SMILES string of the molecule is C=CCNC(N)=NCCS(=O)(=O)N(CC)CC. The summed E-state index contributed by atoms with van der Waals surface area (Å²) >= 11 is 0. The van der Waals surface area contributed by atoms with Crippen LogP contribution in [0.2, 0.25) is 0 Å². The first-order valence-electron chi connectivity index (χ1n) is 5.60. The Morgan fingerprint density at radius 3 is 2.53 bits per heavy atom. The van der Waals surface area contributed by atoms with Crippen LogP contribution in [0.3, 0.4) is 0 Å². The summed E-state index contributed by atoms with van der Waals surface area (Å²) in [6.45, 7) is 8.77. The van der Waals surface area contributed by atoms with Gasteiger partial charge in [-0.3, -0.25) is 4.99 Å². The average molecular weight is 262 g/mol. The van der Waals surface area contributed by atoms with E-state index in [-0.39, 0.29) is 18.3 Å². The fraction of sp³-hybridized carbons (Fsp3) is 0.700. The van der Waals surface area contributed by atoms with Gasteiger partial charge in [0.15, 0.2) is 5.96 Å². The monoisotopic (exact) mass is 262 g/mol. The lowest BCUT2D eigenvalue weighted by molar-refractivity contribution is 0.445. The largest absolute Gasteiger partial charge is 0.370 e. The molecule has 0 aliphatic carbocycles. The van der Waals surface area contributed by atoms with Crippen molar-refractivity contribution in [2.75, 3.05) is 31.9 Å². The molecule has 0 radical (unpaired) electrons. The molecule has 0 saturated carbocycles. The van der Waals surface area contributed by atoms with Crippen LogP contribution in [-0.4, -0.2) is 50.6 Å². The molecule has 0 aliphatic heterocycles. The number of nitrogens with one attached hydrogen (secondary N) is 1. The van der Waals surface area contributed by atoms with Crippen molar-refractivity contribution >= 4 is 16.0 Å². The highest BCUT2D eigenvalue weighted by atomic mass is 32.2. The van der Waals surface area contributed by atoms with Crippen LogP contribution in [0.25, 0.3) is 0 Å². The van der Waals surface area contributed by atoms with E-state index >= 15 is 0 Å². The smallest absolute Gasteiger partial charge is 0.215 e. The zero-order valence-corrected chi connectivity index (χ0v) is 11.3. The van der Waals surface area contributed by atoms with Crippen LogP contribution in [0, 0.1) is 0 Å². The van der Waals surface area contributed by atoms with Gasteiger partial charge in [0.05, 0.1) is 12.3 Å². The van der Waals surface area contributed by atoms with E-state index in [1.54, 1.807) is 6.08 Å². The maximum atomic E-state index is 11.8. The molecule has 0 fully saturated rings. The van der Waals surface area contributed by atoms with E-state index in [2.05, 4.69) is 16.9 Å². The zero-order chi connectivity index (χ0) is 13.3.